The molecule has 1 N–H and O–H groups in total. The smallest absolute Gasteiger partial charge is 0.220 e. The monoisotopic (exact) mass is 389 g/mol. The molecule has 3 rings (SSSR count). The lowest BCUT2D eigenvalue weighted by atomic mass is 10.0. The van der Waals surface area contributed by atoms with Crippen LogP contribution in [0.5, 0.6) is 5.75 Å². The number of amides is 1. The molecule has 0 saturated carbocycles. The first-order valence-corrected chi connectivity index (χ1v) is 10.1. The third kappa shape index (κ3) is 4.56. The van der Waals surface area contributed by atoms with Crippen LogP contribution in [0.3, 0.4) is 0 Å². The average molecular weight is 389 g/mol. The van der Waals surface area contributed by atoms with E-state index in [4.69, 9.17) is 4.74 Å². The summed E-state index contributed by atoms with van der Waals surface area (Å²) in [7, 11) is 0. The molecule has 2 heterocycles. The quantitative estimate of drug-likeness (QED) is 0.704. The van der Waals surface area contributed by atoms with Crippen LogP contribution in [-0.2, 0) is 11.2 Å². The molecular formula is C21H24FNO3S. The Labute approximate surface area is 162 Å². The predicted octanol–water partition coefficient (Wildman–Crippen LogP) is 4.61. The Bertz CT molecular complexity index is 861. The molecule has 0 aliphatic carbocycles. The molecule has 0 unspecified atom stereocenters. The van der Waals surface area contributed by atoms with E-state index in [-0.39, 0.29) is 23.6 Å². The number of thiophene rings is 1. The maximum Gasteiger partial charge on any atom is 0.220 e. The number of hydrogen-bond acceptors (Lipinski definition) is 4. The van der Waals surface area contributed by atoms with Crippen molar-refractivity contribution in [3.63, 3.8) is 0 Å². The lowest BCUT2D eigenvalue weighted by Gasteiger charge is -2.14. The van der Waals surface area contributed by atoms with Crippen LogP contribution in [0, 0.1) is 11.7 Å². The van der Waals surface area contributed by atoms with Gasteiger partial charge in [-0.1, -0.05) is 20.3 Å². The number of carbonyl (C=O) groups is 2. The van der Waals surface area contributed by atoms with Crippen molar-refractivity contribution in [2.45, 2.75) is 46.1 Å². The van der Waals surface area contributed by atoms with E-state index in [1.54, 1.807) is 6.07 Å². The van der Waals surface area contributed by atoms with E-state index in [1.807, 2.05) is 13.0 Å². The molecule has 4 nitrogen and oxygen atoms in total. The van der Waals surface area contributed by atoms with Gasteiger partial charge >= 0.3 is 0 Å². The molecular weight excluding hydrogens is 365 g/mol. The topological polar surface area (TPSA) is 55.4 Å². The summed E-state index contributed by atoms with van der Waals surface area (Å²) in [6, 6.07) is 6.50. The van der Waals surface area contributed by atoms with Gasteiger partial charge in [0.1, 0.15) is 17.7 Å². The van der Waals surface area contributed by atoms with Crippen molar-refractivity contribution in [3.8, 4) is 16.2 Å². The fourth-order valence-electron chi connectivity index (χ4n) is 3.12. The van der Waals surface area contributed by atoms with Crippen LogP contribution < -0.4 is 10.1 Å². The molecule has 6 heteroatoms. The van der Waals surface area contributed by atoms with Crippen LogP contribution in [0.1, 0.15) is 48.8 Å². The van der Waals surface area contributed by atoms with Gasteiger partial charge in [-0.05, 0) is 37.1 Å². The first-order valence-electron chi connectivity index (χ1n) is 9.24. The fraction of sp³-hybridized carbons (Fsp3) is 0.429. The summed E-state index contributed by atoms with van der Waals surface area (Å²) in [6.07, 6.45) is 1.80. The minimum atomic E-state index is -0.327. The van der Waals surface area contributed by atoms with Crippen molar-refractivity contribution in [2.75, 3.05) is 6.54 Å². The van der Waals surface area contributed by atoms with Crippen LogP contribution in [0.25, 0.3) is 10.4 Å². The molecule has 2 atom stereocenters. The summed E-state index contributed by atoms with van der Waals surface area (Å²) < 4.78 is 20.1. The molecule has 0 bridgehead atoms. The maximum absolute atomic E-state index is 14.1. The maximum atomic E-state index is 14.1. The van der Waals surface area contributed by atoms with Crippen molar-refractivity contribution in [1.82, 2.24) is 5.32 Å². The normalized spacial score (nSPS) is 16.5. The first kappa shape index (κ1) is 19.5. The third-order valence-electron chi connectivity index (χ3n) is 4.84. The second-order valence-corrected chi connectivity index (χ2v) is 8.21. The molecule has 0 fully saturated rings. The molecule has 0 radical (unpaired) electrons. The zero-order valence-electron chi connectivity index (χ0n) is 15.8. The minimum Gasteiger partial charge on any atom is -0.487 e. The molecule has 144 valence electrons. The highest BCUT2D eigenvalue weighted by Crippen LogP contribution is 2.42. The van der Waals surface area contributed by atoms with Crippen LogP contribution in [0.4, 0.5) is 4.39 Å². The minimum absolute atomic E-state index is 0.0119. The molecule has 2 aromatic rings. The predicted molar refractivity (Wildman–Crippen MR) is 105 cm³/mol. The number of rotatable bonds is 7. The van der Waals surface area contributed by atoms with Gasteiger partial charge in [-0.15, -0.1) is 11.3 Å². The number of hydrogen-bond donors (Lipinski definition) is 1. The lowest BCUT2D eigenvalue weighted by molar-refractivity contribution is -0.122. The van der Waals surface area contributed by atoms with Gasteiger partial charge in [0, 0.05) is 28.8 Å². The van der Waals surface area contributed by atoms with E-state index in [0.717, 1.165) is 16.9 Å². The van der Waals surface area contributed by atoms with Crippen LogP contribution in [0.2, 0.25) is 0 Å². The Morgan fingerprint density at radius 2 is 2.15 bits per heavy atom. The average Bonchev–Trinajstić information content (AvgIpc) is 3.26. The highest BCUT2D eigenvalue weighted by Gasteiger charge is 2.28. The Balaban J connectivity index is 1.73. The number of nitrogens with one attached hydrogen (secondary N) is 1. The molecule has 27 heavy (non-hydrogen) atoms. The Hall–Kier alpha value is -2.21. The number of halogens is 1. The number of Topliss-reactive ketones (excluding diaryl/α,β-unsaturated/α-hetero) is 1. The summed E-state index contributed by atoms with van der Waals surface area (Å²) in [6.45, 7) is 6.02. The van der Waals surface area contributed by atoms with E-state index in [0.29, 0.717) is 41.5 Å². The standard InChI is InChI=1S/C21H24FNO3S/c1-4-12(2)7-20(25)23-11-16-9-14-8-15(22)10-17(21(14)26-16)19-6-5-18(27-19)13(3)24/h5-6,8,10,12,16H,4,7,9,11H2,1-3H3,(H,23,25)/t12-,16+/m0/s1. The van der Waals surface area contributed by atoms with Gasteiger partial charge in [0.25, 0.3) is 0 Å². The molecule has 1 aliphatic heterocycles. The number of carbonyl (C=O) groups excluding carboxylic acids is 2. The zero-order chi connectivity index (χ0) is 19.6. The number of fused-ring (bicyclic) bond motifs is 1. The second-order valence-electron chi connectivity index (χ2n) is 7.13. The van der Waals surface area contributed by atoms with E-state index < -0.39 is 0 Å². The highest BCUT2D eigenvalue weighted by atomic mass is 32.1. The van der Waals surface area contributed by atoms with Crippen molar-refractivity contribution in [2.24, 2.45) is 5.92 Å². The zero-order valence-corrected chi connectivity index (χ0v) is 16.6. The summed E-state index contributed by atoms with van der Waals surface area (Å²) >= 11 is 1.33. The summed E-state index contributed by atoms with van der Waals surface area (Å²) in [5.74, 6) is 0.671. The molecule has 1 amide bonds. The summed E-state index contributed by atoms with van der Waals surface area (Å²) in [5, 5.41) is 2.92. The van der Waals surface area contributed by atoms with Gasteiger partial charge in [-0.2, -0.15) is 0 Å². The molecule has 1 aliphatic rings. The molecule has 0 spiro atoms. The van der Waals surface area contributed by atoms with E-state index in [9.17, 15) is 14.0 Å². The second kappa shape index (κ2) is 8.21. The van der Waals surface area contributed by atoms with Gasteiger partial charge < -0.3 is 10.1 Å². The molecule has 0 saturated heterocycles. The van der Waals surface area contributed by atoms with E-state index in [1.165, 1.54) is 30.4 Å². The Morgan fingerprint density at radius 3 is 2.81 bits per heavy atom. The third-order valence-corrected chi connectivity index (χ3v) is 6.06. The number of ketones is 1. The van der Waals surface area contributed by atoms with Crippen LogP contribution >= 0.6 is 11.3 Å². The van der Waals surface area contributed by atoms with E-state index >= 15 is 0 Å². The highest BCUT2D eigenvalue weighted by molar-refractivity contribution is 7.17. The van der Waals surface area contributed by atoms with Crippen molar-refractivity contribution >= 4 is 23.0 Å². The van der Waals surface area contributed by atoms with Gasteiger partial charge in [-0.3, -0.25) is 9.59 Å². The summed E-state index contributed by atoms with van der Waals surface area (Å²) in [5.41, 5.74) is 1.46. The van der Waals surface area contributed by atoms with Gasteiger partial charge in [0.05, 0.1) is 11.4 Å². The van der Waals surface area contributed by atoms with Crippen LogP contribution in [-0.4, -0.2) is 24.3 Å². The van der Waals surface area contributed by atoms with Gasteiger partial charge in [0.2, 0.25) is 5.91 Å². The number of benzene rings is 1. The van der Waals surface area contributed by atoms with Crippen molar-refractivity contribution in [3.05, 3.63) is 40.5 Å². The van der Waals surface area contributed by atoms with Gasteiger partial charge in [0.15, 0.2) is 5.78 Å². The SMILES string of the molecule is CC[C@H](C)CC(=O)NC[C@H]1Cc2cc(F)cc(-c3ccc(C(C)=O)s3)c2O1. The van der Waals surface area contributed by atoms with Crippen molar-refractivity contribution < 1.29 is 18.7 Å². The summed E-state index contributed by atoms with van der Waals surface area (Å²) in [4.78, 5) is 25.0. The first-order chi connectivity index (χ1) is 12.9. The number of ether oxygens (including phenoxy) is 1. The van der Waals surface area contributed by atoms with E-state index in [2.05, 4.69) is 12.2 Å². The Kier molecular flexibility index (Phi) is 5.95. The van der Waals surface area contributed by atoms with Gasteiger partial charge in [-0.25, -0.2) is 4.39 Å². The fourth-order valence-corrected chi connectivity index (χ4v) is 4.04. The molecule has 1 aromatic carbocycles. The largest absolute Gasteiger partial charge is 0.487 e. The Morgan fingerprint density at radius 1 is 1.37 bits per heavy atom. The van der Waals surface area contributed by atoms with Crippen LogP contribution in [0.15, 0.2) is 24.3 Å². The lowest BCUT2D eigenvalue weighted by Crippen LogP contribution is -2.35. The molecule has 1 aromatic heterocycles. The van der Waals surface area contributed by atoms with Crippen molar-refractivity contribution in [1.29, 1.82) is 0 Å².